The van der Waals surface area contributed by atoms with E-state index in [9.17, 15) is 23.2 Å². The predicted octanol–water partition coefficient (Wildman–Crippen LogP) is 5.25. The van der Waals surface area contributed by atoms with E-state index in [1.807, 2.05) is 13.8 Å². The molecule has 1 N–H and O–H groups in total. The quantitative estimate of drug-likeness (QED) is 0.225. The van der Waals surface area contributed by atoms with Gasteiger partial charge in [0.2, 0.25) is 5.75 Å². The lowest BCUT2D eigenvalue weighted by atomic mass is 9.82. The summed E-state index contributed by atoms with van der Waals surface area (Å²) in [4.78, 5) is 42.1. The molecule has 10 nitrogen and oxygen atoms in total. The summed E-state index contributed by atoms with van der Waals surface area (Å²) < 4.78 is 56.1. The summed E-state index contributed by atoms with van der Waals surface area (Å²) in [6.45, 7) is 8.81. The number of halogens is 2. The highest BCUT2D eigenvalue weighted by Gasteiger charge is 2.32. The minimum atomic E-state index is -1.17. The first kappa shape index (κ1) is 35.1. The zero-order valence-electron chi connectivity index (χ0n) is 26.1. The van der Waals surface area contributed by atoms with Gasteiger partial charge in [-0.2, -0.15) is 0 Å². The number of aromatic nitrogens is 1. The van der Waals surface area contributed by atoms with Gasteiger partial charge in [-0.25, -0.2) is 18.6 Å². The molecule has 2 aromatic carbocycles. The van der Waals surface area contributed by atoms with Crippen molar-refractivity contribution >= 4 is 17.8 Å². The third-order valence-electron chi connectivity index (χ3n) is 6.83. The fourth-order valence-corrected chi connectivity index (χ4v) is 4.78. The van der Waals surface area contributed by atoms with Gasteiger partial charge in [0, 0.05) is 38.3 Å². The van der Waals surface area contributed by atoms with Crippen molar-refractivity contribution in [1.82, 2.24) is 10.3 Å². The second-order valence-corrected chi connectivity index (χ2v) is 10.1. The van der Waals surface area contributed by atoms with Crippen molar-refractivity contribution in [2.45, 2.75) is 65.9 Å². The number of ether oxygens (including phenoxy) is 5. The molecule has 1 aromatic heterocycles. The van der Waals surface area contributed by atoms with Gasteiger partial charge in [-0.1, -0.05) is 12.1 Å². The van der Waals surface area contributed by atoms with E-state index in [2.05, 4.69) is 10.3 Å². The number of esters is 2. The topological polar surface area (TPSA) is 122 Å². The van der Waals surface area contributed by atoms with Crippen molar-refractivity contribution in [2.75, 3.05) is 20.3 Å². The van der Waals surface area contributed by atoms with Crippen LogP contribution in [0.4, 0.5) is 8.78 Å². The molecule has 1 amide bonds. The highest BCUT2D eigenvalue weighted by atomic mass is 19.1. The summed E-state index contributed by atoms with van der Waals surface area (Å²) in [5.41, 5.74) is 2.00. The average Bonchev–Trinajstić information content (AvgIpc) is 3.00. The number of benzene rings is 2. The lowest BCUT2D eigenvalue weighted by molar-refractivity contribution is -0.150. The Bertz CT molecular complexity index is 1440. The number of carbonyl (C=O) groups excluding carboxylic acids is 3. The molecule has 0 aliphatic carbocycles. The summed E-state index contributed by atoms with van der Waals surface area (Å²) >= 11 is 0. The molecule has 0 radical (unpaired) electrons. The summed E-state index contributed by atoms with van der Waals surface area (Å²) in [7, 11) is 1.34. The molecule has 12 heteroatoms. The van der Waals surface area contributed by atoms with Crippen LogP contribution in [0.3, 0.4) is 0 Å². The molecule has 3 aromatic rings. The Morgan fingerprint density at radius 1 is 0.889 bits per heavy atom. The summed E-state index contributed by atoms with van der Waals surface area (Å²) in [5.74, 6) is -4.04. The maximum absolute atomic E-state index is 14.4. The molecule has 0 spiro atoms. The van der Waals surface area contributed by atoms with E-state index >= 15 is 0 Å². The third kappa shape index (κ3) is 9.29. The molecule has 0 aliphatic heterocycles. The van der Waals surface area contributed by atoms with E-state index < -0.39 is 47.5 Å². The number of rotatable bonds is 15. The Hall–Kier alpha value is -4.42. The van der Waals surface area contributed by atoms with Gasteiger partial charge in [-0.3, -0.25) is 9.59 Å². The van der Waals surface area contributed by atoms with E-state index in [1.165, 1.54) is 50.6 Å². The Morgan fingerprint density at radius 3 is 1.93 bits per heavy atom. The van der Waals surface area contributed by atoms with E-state index in [0.717, 1.165) is 6.92 Å². The van der Waals surface area contributed by atoms with Crippen molar-refractivity contribution in [2.24, 2.45) is 0 Å². The fraction of sp³-hybridized carbons (Fsp3) is 0.394. The van der Waals surface area contributed by atoms with Gasteiger partial charge in [-0.05, 0) is 74.2 Å². The van der Waals surface area contributed by atoms with Crippen molar-refractivity contribution in [3.8, 4) is 11.5 Å². The maximum Gasteiger partial charge on any atom is 0.328 e. The van der Waals surface area contributed by atoms with Gasteiger partial charge >= 0.3 is 11.9 Å². The Morgan fingerprint density at radius 2 is 1.44 bits per heavy atom. The Balaban J connectivity index is 1.95. The zero-order valence-corrected chi connectivity index (χ0v) is 26.1. The van der Waals surface area contributed by atoms with E-state index in [1.54, 1.807) is 19.1 Å². The van der Waals surface area contributed by atoms with Crippen molar-refractivity contribution in [1.29, 1.82) is 0 Å². The average molecular weight is 629 g/mol. The molecular weight excluding hydrogens is 590 g/mol. The van der Waals surface area contributed by atoms with Crippen LogP contribution in [-0.2, 0) is 37.0 Å². The van der Waals surface area contributed by atoms with Crippen LogP contribution in [0.5, 0.6) is 11.5 Å². The molecule has 0 saturated heterocycles. The largest absolute Gasteiger partial charge is 0.493 e. The van der Waals surface area contributed by atoms with Gasteiger partial charge < -0.3 is 29.0 Å². The lowest BCUT2D eigenvalue weighted by Crippen LogP contribution is -2.42. The number of hydrogen-bond acceptors (Lipinski definition) is 9. The number of pyridine rings is 1. The zero-order chi connectivity index (χ0) is 33.1. The standard InChI is InChI=1S/C33H38F2N2O8/c1-7-42-17-22-15-24(34)9-11-26(22)29(27-12-10-25(35)16-23(27)18-43-8-2)20(4)44-33(40)19(3)37-32(39)30-31(45-21(5)38)28(41-6)13-14-36-30/h9-16,19-20,29H,7-8,17-18H2,1-6H3,(H,37,39)/t19-,20-/m0/s1. The predicted molar refractivity (Wildman–Crippen MR) is 160 cm³/mol. The van der Waals surface area contributed by atoms with Crippen molar-refractivity contribution in [3.63, 3.8) is 0 Å². The van der Waals surface area contributed by atoms with E-state index in [0.29, 0.717) is 35.5 Å². The first-order valence-electron chi connectivity index (χ1n) is 14.4. The maximum atomic E-state index is 14.4. The number of amides is 1. The number of nitrogens with zero attached hydrogens (tertiary/aromatic N) is 1. The number of nitrogens with one attached hydrogen (secondary N) is 1. The van der Waals surface area contributed by atoms with Gasteiger partial charge in [-0.15, -0.1) is 0 Å². The molecule has 2 atom stereocenters. The smallest absolute Gasteiger partial charge is 0.328 e. The van der Waals surface area contributed by atoms with Crippen LogP contribution in [0.1, 0.15) is 73.3 Å². The molecule has 3 rings (SSSR count). The van der Waals surface area contributed by atoms with Crippen LogP contribution in [0, 0.1) is 11.6 Å². The highest BCUT2D eigenvalue weighted by molar-refractivity contribution is 5.98. The molecule has 0 bridgehead atoms. The van der Waals surface area contributed by atoms with Crippen LogP contribution in [0.25, 0.3) is 0 Å². The van der Waals surface area contributed by atoms with E-state index in [-0.39, 0.29) is 30.4 Å². The van der Waals surface area contributed by atoms with Crippen molar-refractivity contribution in [3.05, 3.63) is 88.2 Å². The van der Waals surface area contributed by atoms with Crippen LogP contribution in [0.2, 0.25) is 0 Å². The first-order valence-corrected chi connectivity index (χ1v) is 14.4. The molecule has 0 aliphatic rings. The van der Waals surface area contributed by atoms with Gasteiger partial charge in [0.15, 0.2) is 11.4 Å². The normalized spacial score (nSPS) is 12.4. The van der Waals surface area contributed by atoms with Gasteiger partial charge in [0.25, 0.3) is 5.91 Å². The highest BCUT2D eigenvalue weighted by Crippen LogP contribution is 2.36. The second kappa shape index (κ2) is 16.6. The second-order valence-electron chi connectivity index (χ2n) is 10.1. The molecule has 0 saturated carbocycles. The van der Waals surface area contributed by atoms with E-state index in [4.69, 9.17) is 23.7 Å². The molecule has 0 unspecified atom stereocenters. The monoisotopic (exact) mass is 628 g/mol. The SMILES string of the molecule is CCOCc1cc(F)ccc1C(c1ccc(F)cc1COCC)[C@H](C)OC(=O)[C@H](C)NC(=O)c1nccc(OC)c1OC(C)=O. The molecule has 0 fully saturated rings. The summed E-state index contributed by atoms with van der Waals surface area (Å²) in [6.07, 6.45) is 0.404. The van der Waals surface area contributed by atoms with Gasteiger partial charge in [0.1, 0.15) is 23.8 Å². The minimum Gasteiger partial charge on any atom is -0.493 e. The van der Waals surface area contributed by atoms with Crippen molar-refractivity contribution < 1.29 is 46.8 Å². The van der Waals surface area contributed by atoms with Crippen LogP contribution in [0.15, 0.2) is 48.7 Å². The third-order valence-corrected chi connectivity index (χ3v) is 6.83. The molecule has 45 heavy (non-hydrogen) atoms. The molecular formula is C33H38F2N2O8. The van der Waals surface area contributed by atoms with Gasteiger partial charge in [0.05, 0.1) is 20.3 Å². The Kier molecular flexibility index (Phi) is 12.9. The number of methoxy groups -OCH3 is 1. The first-order chi connectivity index (χ1) is 21.5. The molecule has 242 valence electrons. The van der Waals surface area contributed by atoms with Crippen LogP contribution >= 0.6 is 0 Å². The lowest BCUT2D eigenvalue weighted by Gasteiger charge is -2.29. The summed E-state index contributed by atoms with van der Waals surface area (Å²) in [5, 5.41) is 2.52. The fourth-order valence-electron chi connectivity index (χ4n) is 4.78. The minimum absolute atomic E-state index is 0.0907. The Labute approximate surface area is 261 Å². The number of carbonyl (C=O) groups is 3. The van der Waals surface area contributed by atoms with Crippen LogP contribution in [-0.4, -0.2) is 55.3 Å². The number of hydrogen-bond donors (Lipinski definition) is 1. The van der Waals surface area contributed by atoms with Crippen LogP contribution < -0.4 is 14.8 Å². The molecule has 1 heterocycles. The summed E-state index contributed by atoms with van der Waals surface area (Å²) in [6, 6.07) is 8.70.